The highest BCUT2D eigenvalue weighted by Gasteiger charge is 2.44. The van der Waals surface area contributed by atoms with E-state index in [9.17, 15) is 4.21 Å². The molecule has 0 fully saturated rings. The third kappa shape index (κ3) is 8.61. The van der Waals surface area contributed by atoms with Gasteiger partial charge >= 0.3 is 17.6 Å². The van der Waals surface area contributed by atoms with E-state index < -0.39 is 28.4 Å². The van der Waals surface area contributed by atoms with Crippen LogP contribution in [0.25, 0.3) is 0 Å². The van der Waals surface area contributed by atoms with Gasteiger partial charge < -0.3 is 26.6 Å². The normalized spacial score (nSPS) is 16.1. The highest BCUT2D eigenvalue weighted by molar-refractivity contribution is 7.84. The van der Waals surface area contributed by atoms with Gasteiger partial charge in [0.25, 0.3) is 0 Å². The molecule has 2 atom stereocenters. The maximum Gasteiger partial charge on any atom is 0.503 e. The summed E-state index contributed by atoms with van der Waals surface area (Å²) in [6, 6.07) is 0. The monoisotopic (exact) mass is 458 g/mol. The molecule has 0 aromatic rings. The lowest BCUT2D eigenvalue weighted by Crippen LogP contribution is -2.46. The van der Waals surface area contributed by atoms with Gasteiger partial charge in [-0.15, -0.1) is 0 Å². The summed E-state index contributed by atoms with van der Waals surface area (Å²) in [7, 11) is 3.96. The predicted octanol–water partition coefficient (Wildman–Crippen LogP) is 3.61. The summed E-state index contributed by atoms with van der Waals surface area (Å²) in [6.45, 7) is 4.20. The Morgan fingerprint density at radius 2 is 0.893 bits per heavy atom. The quantitative estimate of drug-likeness (QED) is 0.229. The molecule has 0 radical (unpaired) electrons. The van der Waals surface area contributed by atoms with Crippen molar-refractivity contribution in [3.63, 3.8) is 0 Å². The van der Waals surface area contributed by atoms with Crippen LogP contribution in [0.2, 0.25) is 11.1 Å². The molecular weight excluding hydrogens is 416 g/mol. The standard InChI is InChI=1S/C18H42O7SSi2/c1-17(27(20-3,21-4)22-5)13-9-11-15-26(19)16-12-10-14-18(2)28(23-6,24-7)25-8/h17-18H,9-16H2,1-8H3. The molecule has 7 nitrogen and oxygen atoms in total. The molecule has 0 saturated carbocycles. The van der Waals surface area contributed by atoms with Crippen LogP contribution in [0.4, 0.5) is 0 Å². The molecule has 28 heavy (non-hydrogen) atoms. The molecule has 10 heteroatoms. The van der Waals surface area contributed by atoms with Gasteiger partial charge in [-0.25, -0.2) is 0 Å². The topological polar surface area (TPSA) is 72.5 Å². The van der Waals surface area contributed by atoms with Gasteiger partial charge in [0.2, 0.25) is 0 Å². The second-order valence-corrected chi connectivity index (χ2v) is 15.6. The van der Waals surface area contributed by atoms with Gasteiger partial charge in [0.1, 0.15) is 0 Å². The first-order valence-corrected chi connectivity index (χ1v) is 15.1. The molecule has 0 N–H and O–H groups in total. The largest absolute Gasteiger partial charge is 0.503 e. The van der Waals surface area contributed by atoms with Crippen LogP contribution in [-0.2, 0) is 37.4 Å². The van der Waals surface area contributed by atoms with Crippen molar-refractivity contribution in [2.75, 3.05) is 54.2 Å². The zero-order valence-electron chi connectivity index (χ0n) is 19.1. The van der Waals surface area contributed by atoms with Gasteiger partial charge in [-0.05, 0) is 25.7 Å². The van der Waals surface area contributed by atoms with E-state index >= 15 is 0 Å². The molecule has 0 amide bonds. The molecule has 0 rings (SSSR count). The SMILES string of the molecule is CO[Si](OC)(OC)C(C)CCCCS(=O)CCCCC(C)[Si](OC)(OC)OC. The van der Waals surface area contributed by atoms with E-state index in [1.54, 1.807) is 42.7 Å². The Kier molecular flexibility index (Phi) is 15.4. The van der Waals surface area contributed by atoms with Gasteiger partial charge in [-0.1, -0.05) is 26.7 Å². The van der Waals surface area contributed by atoms with Crippen molar-refractivity contribution < 1.29 is 30.8 Å². The van der Waals surface area contributed by atoms with Crippen LogP contribution in [0.5, 0.6) is 0 Å². The molecule has 0 aliphatic carbocycles. The van der Waals surface area contributed by atoms with Gasteiger partial charge in [0.15, 0.2) is 0 Å². The summed E-state index contributed by atoms with van der Waals surface area (Å²) in [6.07, 6.45) is 5.79. The lowest BCUT2D eigenvalue weighted by atomic mass is 10.2. The highest BCUT2D eigenvalue weighted by Crippen LogP contribution is 2.29. The molecule has 2 unspecified atom stereocenters. The van der Waals surface area contributed by atoms with Crippen LogP contribution < -0.4 is 0 Å². The summed E-state index contributed by atoms with van der Waals surface area (Å²) in [5, 5.41) is 0. The van der Waals surface area contributed by atoms with Crippen LogP contribution in [0, 0.1) is 0 Å². The Morgan fingerprint density at radius 1 is 0.607 bits per heavy atom. The first kappa shape index (κ1) is 28.3. The van der Waals surface area contributed by atoms with Gasteiger partial charge in [0, 0.05) is 76.0 Å². The van der Waals surface area contributed by atoms with E-state index in [0.717, 1.165) is 50.0 Å². The predicted molar refractivity (Wildman–Crippen MR) is 118 cm³/mol. The van der Waals surface area contributed by atoms with E-state index in [-0.39, 0.29) is 11.1 Å². The summed E-state index contributed by atoms with van der Waals surface area (Å²) in [4.78, 5) is 0. The zero-order valence-corrected chi connectivity index (χ0v) is 21.9. The molecule has 0 aliphatic rings. The summed E-state index contributed by atoms with van der Waals surface area (Å²) in [5.74, 6) is 1.49. The van der Waals surface area contributed by atoms with E-state index in [4.69, 9.17) is 26.6 Å². The molecule has 0 aromatic carbocycles. The third-order valence-electron chi connectivity index (χ3n) is 5.43. The molecular formula is C18H42O7SSi2. The number of rotatable bonds is 18. The van der Waals surface area contributed by atoms with Crippen molar-refractivity contribution in [1.82, 2.24) is 0 Å². The Morgan fingerprint density at radius 3 is 1.14 bits per heavy atom. The summed E-state index contributed by atoms with van der Waals surface area (Å²) in [5.41, 5.74) is 0.461. The van der Waals surface area contributed by atoms with Crippen molar-refractivity contribution in [3.8, 4) is 0 Å². The number of unbranched alkanes of at least 4 members (excludes halogenated alkanes) is 2. The molecule has 170 valence electrons. The fraction of sp³-hybridized carbons (Fsp3) is 1.00. The van der Waals surface area contributed by atoms with Crippen molar-refractivity contribution in [2.24, 2.45) is 0 Å². The first-order valence-electron chi connectivity index (χ1n) is 9.97. The van der Waals surface area contributed by atoms with Crippen LogP contribution in [0.3, 0.4) is 0 Å². The van der Waals surface area contributed by atoms with Gasteiger partial charge in [0.05, 0.1) is 0 Å². The molecule has 0 aromatic heterocycles. The number of hydrogen-bond acceptors (Lipinski definition) is 7. The van der Waals surface area contributed by atoms with E-state index in [2.05, 4.69) is 13.8 Å². The fourth-order valence-electron chi connectivity index (χ4n) is 3.59. The minimum Gasteiger partial charge on any atom is -0.377 e. The Bertz CT molecular complexity index is 368. The maximum atomic E-state index is 12.2. The minimum absolute atomic E-state index is 0.231. The first-order chi connectivity index (χ1) is 13.3. The molecule has 0 saturated heterocycles. The van der Waals surface area contributed by atoms with Crippen LogP contribution >= 0.6 is 0 Å². The van der Waals surface area contributed by atoms with Crippen molar-refractivity contribution in [2.45, 2.75) is 63.5 Å². The molecule has 0 aliphatic heterocycles. The Balaban J connectivity index is 4.04. The molecule has 0 spiro atoms. The molecule has 0 heterocycles. The Labute approximate surface area is 177 Å². The van der Waals surface area contributed by atoms with Crippen LogP contribution in [0.1, 0.15) is 52.4 Å². The maximum absolute atomic E-state index is 12.2. The lowest BCUT2D eigenvalue weighted by Gasteiger charge is -2.30. The van der Waals surface area contributed by atoms with E-state index in [1.165, 1.54) is 0 Å². The second-order valence-electron chi connectivity index (χ2n) is 7.07. The van der Waals surface area contributed by atoms with Crippen LogP contribution in [-0.4, -0.2) is 76.0 Å². The van der Waals surface area contributed by atoms with Crippen molar-refractivity contribution >= 4 is 28.4 Å². The lowest BCUT2D eigenvalue weighted by molar-refractivity contribution is 0.111. The highest BCUT2D eigenvalue weighted by atomic mass is 32.2. The van der Waals surface area contributed by atoms with Gasteiger partial charge in [-0.2, -0.15) is 0 Å². The van der Waals surface area contributed by atoms with Gasteiger partial charge in [-0.3, -0.25) is 4.21 Å². The van der Waals surface area contributed by atoms with Crippen molar-refractivity contribution in [1.29, 1.82) is 0 Å². The van der Waals surface area contributed by atoms with E-state index in [0.29, 0.717) is 0 Å². The summed E-state index contributed by atoms with van der Waals surface area (Å²) >= 11 is 0. The minimum atomic E-state index is -2.56. The zero-order chi connectivity index (χ0) is 21.6. The third-order valence-corrected chi connectivity index (χ3v) is 13.3. The van der Waals surface area contributed by atoms with Crippen LogP contribution in [0.15, 0.2) is 0 Å². The Hall–Kier alpha value is 0.344. The smallest absolute Gasteiger partial charge is 0.377 e. The van der Waals surface area contributed by atoms with Crippen molar-refractivity contribution in [3.05, 3.63) is 0 Å². The fourth-order valence-corrected chi connectivity index (χ4v) is 9.38. The molecule has 0 bridgehead atoms. The summed E-state index contributed by atoms with van der Waals surface area (Å²) < 4.78 is 45.4. The second kappa shape index (κ2) is 15.2. The van der Waals surface area contributed by atoms with E-state index in [1.807, 2.05) is 0 Å². The average molecular weight is 459 g/mol. The average Bonchev–Trinajstić information content (AvgIpc) is 2.72. The number of hydrogen-bond donors (Lipinski definition) is 0.